The predicted octanol–water partition coefficient (Wildman–Crippen LogP) is 3.17. The minimum Gasteiger partial charge on any atom is -0.457 e. The summed E-state index contributed by atoms with van der Waals surface area (Å²) in [6, 6.07) is 2.85. The number of hydrogen-bond acceptors (Lipinski definition) is 4. The summed E-state index contributed by atoms with van der Waals surface area (Å²) in [5, 5.41) is 3.08. The topological polar surface area (TPSA) is 72.5 Å². The standard InChI is InChI=1S/C21H23F2NO4/c1-12(25)24-21-8-13-4-14(9-21)7-20(6-13,11-21)19(27)28-10-18(26)15-2-3-16(22)17(23)5-15/h2-3,5,13-14H,4,6-11H2,1H3,(H,24,25)/t13-,14+,20?,21?. The number of amides is 1. The molecule has 1 aromatic carbocycles. The minimum atomic E-state index is -1.12. The Morgan fingerprint density at radius 3 is 2.39 bits per heavy atom. The van der Waals surface area contributed by atoms with Gasteiger partial charge in [-0.15, -0.1) is 0 Å². The van der Waals surface area contributed by atoms with Crippen LogP contribution in [0.2, 0.25) is 0 Å². The molecule has 0 aliphatic heterocycles. The quantitative estimate of drug-likeness (QED) is 0.618. The fraction of sp³-hybridized carbons (Fsp3) is 0.571. The van der Waals surface area contributed by atoms with E-state index in [-0.39, 0.29) is 17.0 Å². The van der Waals surface area contributed by atoms with Crippen molar-refractivity contribution in [3.05, 3.63) is 35.4 Å². The molecule has 5 nitrogen and oxygen atoms in total. The van der Waals surface area contributed by atoms with E-state index in [0.29, 0.717) is 31.1 Å². The Hall–Kier alpha value is -2.31. The number of esters is 1. The molecule has 7 heteroatoms. The summed E-state index contributed by atoms with van der Waals surface area (Å²) in [5.74, 6) is -2.52. The molecule has 4 aliphatic rings. The van der Waals surface area contributed by atoms with Crippen molar-refractivity contribution in [3.8, 4) is 0 Å². The van der Waals surface area contributed by atoms with Gasteiger partial charge in [0, 0.05) is 18.0 Å². The maximum Gasteiger partial charge on any atom is 0.312 e. The van der Waals surface area contributed by atoms with E-state index < -0.39 is 35.4 Å². The van der Waals surface area contributed by atoms with Gasteiger partial charge in [0.2, 0.25) is 5.91 Å². The molecule has 28 heavy (non-hydrogen) atoms. The van der Waals surface area contributed by atoms with Gasteiger partial charge in [-0.2, -0.15) is 0 Å². The Balaban J connectivity index is 1.46. The average molecular weight is 391 g/mol. The molecule has 150 valence electrons. The summed E-state index contributed by atoms with van der Waals surface area (Å²) in [7, 11) is 0. The Bertz CT molecular complexity index is 839. The Labute approximate surface area is 161 Å². The summed E-state index contributed by atoms with van der Waals surface area (Å²) in [5.41, 5.74) is -1.08. The highest BCUT2D eigenvalue weighted by molar-refractivity contribution is 5.98. The molecule has 4 atom stereocenters. The van der Waals surface area contributed by atoms with Crippen LogP contribution in [0.1, 0.15) is 55.8 Å². The number of halogens is 2. The summed E-state index contributed by atoms with van der Waals surface area (Å²) in [6.07, 6.45) is 4.78. The van der Waals surface area contributed by atoms with Gasteiger partial charge < -0.3 is 10.1 Å². The normalized spacial score (nSPS) is 32.8. The van der Waals surface area contributed by atoms with Crippen molar-refractivity contribution in [2.75, 3.05) is 6.61 Å². The molecule has 4 bridgehead atoms. The van der Waals surface area contributed by atoms with Gasteiger partial charge in [-0.3, -0.25) is 14.4 Å². The lowest BCUT2D eigenvalue weighted by molar-refractivity contribution is -0.174. The van der Waals surface area contributed by atoms with Crippen LogP contribution < -0.4 is 5.32 Å². The number of carbonyl (C=O) groups excluding carboxylic acids is 3. The van der Waals surface area contributed by atoms with E-state index in [0.717, 1.165) is 31.4 Å². The van der Waals surface area contributed by atoms with E-state index in [4.69, 9.17) is 4.74 Å². The van der Waals surface area contributed by atoms with E-state index in [1.807, 2.05) is 0 Å². The van der Waals surface area contributed by atoms with Crippen LogP contribution in [0.3, 0.4) is 0 Å². The SMILES string of the molecule is CC(=O)NC12C[C@H]3C[C@@H](C1)CC(C(=O)OCC(=O)c1ccc(F)c(F)c1)(C3)C2. The first kappa shape index (κ1) is 19.0. The number of Topliss-reactive ketones (excluding diaryl/α,β-unsaturated/α-hetero) is 1. The number of ketones is 1. The van der Waals surface area contributed by atoms with Crippen LogP contribution in [0.4, 0.5) is 8.78 Å². The zero-order chi connectivity index (χ0) is 20.1. The van der Waals surface area contributed by atoms with Crippen molar-refractivity contribution in [1.29, 1.82) is 0 Å². The molecule has 0 heterocycles. The number of carbonyl (C=O) groups is 3. The Morgan fingerprint density at radius 1 is 1.11 bits per heavy atom. The van der Waals surface area contributed by atoms with E-state index in [1.54, 1.807) is 0 Å². The first-order chi connectivity index (χ1) is 13.2. The van der Waals surface area contributed by atoms with Crippen molar-refractivity contribution < 1.29 is 27.9 Å². The summed E-state index contributed by atoms with van der Waals surface area (Å²) in [6.45, 7) is 0.984. The summed E-state index contributed by atoms with van der Waals surface area (Å²) < 4.78 is 31.7. The lowest BCUT2D eigenvalue weighted by Crippen LogP contribution is -2.64. The Kier molecular flexibility index (Phi) is 4.51. The predicted molar refractivity (Wildman–Crippen MR) is 95.3 cm³/mol. The smallest absolute Gasteiger partial charge is 0.312 e. The molecule has 0 aromatic heterocycles. The third kappa shape index (κ3) is 3.31. The van der Waals surface area contributed by atoms with Gasteiger partial charge in [-0.25, -0.2) is 8.78 Å². The monoisotopic (exact) mass is 391 g/mol. The third-order valence-corrected chi connectivity index (χ3v) is 6.51. The molecule has 0 radical (unpaired) electrons. The van der Waals surface area contributed by atoms with Crippen molar-refractivity contribution >= 4 is 17.7 Å². The Morgan fingerprint density at radius 2 is 1.79 bits per heavy atom. The second-order valence-electron chi connectivity index (χ2n) is 8.83. The molecular weight excluding hydrogens is 368 g/mol. The zero-order valence-corrected chi connectivity index (χ0v) is 15.7. The molecule has 5 rings (SSSR count). The molecule has 4 aliphatic carbocycles. The average Bonchev–Trinajstić information content (AvgIpc) is 2.59. The molecule has 1 N–H and O–H groups in total. The zero-order valence-electron chi connectivity index (χ0n) is 15.7. The fourth-order valence-corrected chi connectivity index (χ4v) is 6.06. The maximum absolute atomic E-state index is 13.3. The van der Waals surface area contributed by atoms with Crippen LogP contribution in [0.15, 0.2) is 18.2 Å². The molecular formula is C21H23F2NO4. The summed E-state index contributed by atoms with van der Waals surface area (Å²) in [4.78, 5) is 36.9. The second kappa shape index (κ2) is 6.64. The molecule has 1 aromatic rings. The van der Waals surface area contributed by atoms with E-state index in [1.165, 1.54) is 13.0 Å². The highest BCUT2D eigenvalue weighted by Gasteiger charge is 2.61. The number of rotatable bonds is 5. The van der Waals surface area contributed by atoms with Crippen molar-refractivity contribution in [1.82, 2.24) is 5.32 Å². The van der Waals surface area contributed by atoms with E-state index >= 15 is 0 Å². The first-order valence-electron chi connectivity index (χ1n) is 9.65. The van der Waals surface area contributed by atoms with Crippen LogP contribution in [-0.2, 0) is 14.3 Å². The van der Waals surface area contributed by atoms with Crippen LogP contribution in [0, 0.1) is 28.9 Å². The van der Waals surface area contributed by atoms with Gasteiger partial charge in [0.15, 0.2) is 24.0 Å². The largest absolute Gasteiger partial charge is 0.457 e. The number of hydrogen-bond donors (Lipinski definition) is 1. The van der Waals surface area contributed by atoms with Gasteiger partial charge in [0.05, 0.1) is 5.41 Å². The third-order valence-electron chi connectivity index (χ3n) is 6.51. The molecule has 0 saturated heterocycles. The van der Waals surface area contributed by atoms with Crippen LogP contribution >= 0.6 is 0 Å². The molecule has 1 amide bonds. The summed E-state index contributed by atoms with van der Waals surface area (Å²) >= 11 is 0. The lowest BCUT2D eigenvalue weighted by Gasteiger charge is -2.60. The van der Waals surface area contributed by atoms with Crippen molar-refractivity contribution in [2.45, 2.75) is 51.0 Å². The molecule has 0 spiro atoms. The number of nitrogens with one attached hydrogen (secondary N) is 1. The maximum atomic E-state index is 13.3. The van der Waals surface area contributed by atoms with Gasteiger partial charge in [-0.05, 0) is 68.6 Å². The molecule has 2 unspecified atom stereocenters. The minimum absolute atomic E-state index is 0.0353. The van der Waals surface area contributed by atoms with Crippen LogP contribution in [0.5, 0.6) is 0 Å². The van der Waals surface area contributed by atoms with Crippen LogP contribution in [0.25, 0.3) is 0 Å². The van der Waals surface area contributed by atoms with Gasteiger partial charge in [0.25, 0.3) is 0 Å². The lowest BCUT2D eigenvalue weighted by atomic mass is 9.47. The first-order valence-corrected chi connectivity index (χ1v) is 9.65. The number of ether oxygens (including phenoxy) is 1. The highest BCUT2D eigenvalue weighted by Crippen LogP contribution is 2.62. The van der Waals surface area contributed by atoms with Gasteiger partial charge in [-0.1, -0.05) is 0 Å². The van der Waals surface area contributed by atoms with Crippen molar-refractivity contribution in [3.63, 3.8) is 0 Å². The van der Waals surface area contributed by atoms with E-state index in [9.17, 15) is 23.2 Å². The molecule has 4 saturated carbocycles. The molecule has 4 fully saturated rings. The van der Waals surface area contributed by atoms with Crippen molar-refractivity contribution in [2.24, 2.45) is 17.3 Å². The van der Waals surface area contributed by atoms with Gasteiger partial charge >= 0.3 is 5.97 Å². The number of benzene rings is 1. The van der Waals surface area contributed by atoms with E-state index in [2.05, 4.69) is 5.32 Å². The van der Waals surface area contributed by atoms with Crippen LogP contribution in [-0.4, -0.2) is 29.8 Å². The van der Waals surface area contributed by atoms with Gasteiger partial charge in [0.1, 0.15) is 0 Å². The fourth-order valence-electron chi connectivity index (χ4n) is 6.06. The highest BCUT2D eigenvalue weighted by atomic mass is 19.2. The second-order valence-corrected chi connectivity index (χ2v) is 8.83.